The highest BCUT2D eigenvalue weighted by Crippen LogP contribution is 2.20. The van der Waals surface area contributed by atoms with Gasteiger partial charge in [0, 0.05) is 19.5 Å². The summed E-state index contributed by atoms with van der Waals surface area (Å²) in [5.74, 6) is 0.914. The molecule has 0 aliphatic carbocycles. The van der Waals surface area contributed by atoms with Crippen molar-refractivity contribution in [3.05, 3.63) is 29.8 Å². The van der Waals surface area contributed by atoms with Crippen molar-refractivity contribution in [2.75, 3.05) is 20.2 Å². The van der Waals surface area contributed by atoms with Crippen LogP contribution in [-0.2, 0) is 4.79 Å². The van der Waals surface area contributed by atoms with Gasteiger partial charge in [-0.1, -0.05) is 26.0 Å². The summed E-state index contributed by atoms with van der Waals surface area (Å²) in [7, 11) is 1.65. The van der Waals surface area contributed by atoms with E-state index in [1.54, 1.807) is 7.05 Å². The van der Waals surface area contributed by atoms with Crippen molar-refractivity contribution in [2.24, 2.45) is 0 Å². The zero-order valence-corrected chi connectivity index (χ0v) is 12.7. The number of nitrogens with one attached hydrogen (secondary N) is 2. The van der Waals surface area contributed by atoms with Crippen LogP contribution in [0.15, 0.2) is 24.3 Å². The van der Waals surface area contributed by atoms with Crippen LogP contribution in [0.4, 0.5) is 0 Å². The molecule has 1 atom stereocenters. The standard InChI is InChI=1S/C16H26N2O2/c1-4-15(18-5-2)13-8-10-14(11-9-13)20-12-6-7-16(19)17-3/h8-11,15,18H,4-7,12H2,1-3H3,(H,17,19). The third-order valence-electron chi connectivity index (χ3n) is 3.24. The van der Waals surface area contributed by atoms with Gasteiger partial charge in [-0.25, -0.2) is 0 Å². The first-order valence-corrected chi connectivity index (χ1v) is 7.38. The minimum atomic E-state index is 0.0559. The lowest BCUT2D eigenvalue weighted by atomic mass is 10.0. The minimum Gasteiger partial charge on any atom is -0.494 e. The van der Waals surface area contributed by atoms with Gasteiger partial charge in [-0.3, -0.25) is 4.79 Å². The monoisotopic (exact) mass is 278 g/mol. The molecule has 0 saturated carbocycles. The predicted octanol–water partition coefficient (Wildman–Crippen LogP) is 2.65. The first kappa shape index (κ1) is 16.5. The molecule has 1 aromatic carbocycles. The first-order chi connectivity index (χ1) is 9.71. The number of amides is 1. The predicted molar refractivity (Wildman–Crippen MR) is 81.9 cm³/mol. The highest BCUT2D eigenvalue weighted by atomic mass is 16.5. The SMILES string of the molecule is CCNC(CC)c1ccc(OCCCC(=O)NC)cc1. The molecule has 0 radical (unpaired) electrons. The average molecular weight is 278 g/mol. The van der Waals surface area contributed by atoms with Gasteiger partial charge >= 0.3 is 0 Å². The van der Waals surface area contributed by atoms with Crippen LogP contribution in [0.1, 0.15) is 44.7 Å². The molecule has 0 aliphatic rings. The van der Waals surface area contributed by atoms with Crippen LogP contribution < -0.4 is 15.4 Å². The Morgan fingerprint density at radius 3 is 2.50 bits per heavy atom. The van der Waals surface area contributed by atoms with Gasteiger partial charge in [0.25, 0.3) is 0 Å². The van der Waals surface area contributed by atoms with Crippen LogP contribution in [0.5, 0.6) is 5.75 Å². The summed E-state index contributed by atoms with van der Waals surface area (Å²) < 4.78 is 5.63. The summed E-state index contributed by atoms with van der Waals surface area (Å²) >= 11 is 0. The van der Waals surface area contributed by atoms with Gasteiger partial charge in [0.05, 0.1) is 6.61 Å². The molecule has 0 aromatic heterocycles. The minimum absolute atomic E-state index is 0.0559. The number of benzene rings is 1. The molecule has 1 amide bonds. The summed E-state index contributed by atoms with van der Waals surface area (Å²) in [4.78, 5) is 11.1. The van der Waals surface area contributed by atoms with Gasteiger partial charge in [-0.05, 0) is 37.1 Å². The van der Waals surface area contributed by atoms with Gasteiger partial charge in [-0.2, -0.15) is 0 Å². The highest BCUT2D eigenvalue weighted by Gasteiger charge is 2.07. The molecular weight excluding hydrogens is 252 g/mol. The van der Waals surface area contributed by atoms with Gasteiger partial charge in [0.15, 0.2) is 0 Å². The Kier molecular flexibility index (Phi) is 7.73. The lowest BCUT2D eigenvalue weighted by Crippen LogP contribution is -2.19. The fraction of sp³-hybridized carbons (Fsp3) is 0.562. The van der Waals surface area contributed by atoms with E-state index in [4.69, 9.17) is 4.74 Å². The van der Waals surface area contributed by atoms with Crippen molar-refractivity contribution >= 4 is 5.91 Å². The second-order valence-electron chi connectivity index (χ2n) is 4.71. The molecule has 4 heteroatoms. The smallest absolute Gasteiger partial charge is 0.219 e. The quantitative estimate of drug-likeness (QED) is 0.683. The molecule has 0 spiro atoms. The topological polar surface area (TPSA) is 50.4 Å². The molecule has 112 valence electrons. The Morgan fingerprint density at radius 1 is 1.25 bits per heavy atom. The van der Waals surface area contributed by atoms with Crippen LogP contribution in [0, 0.1) is 0 Å². The van der Waals surface area contributed by atoms with E-state index in [-0.39, 0.29) is 5.91 Å². The van der Waals surface area contributed by atoms with Gasteiger partial charge in [-0.15, -0.1) is 0 Å². The van der Waals surface area contributed by atoms with Crippen molar-refractivity contribution in [3.8, 4) is 5.75 Å². The molecule has 0 heterocycles. The van der Waals surface area contributed by atoms with E-state index in [1.807, 2.05) is 12.1 Å². The number of ether oxygens (including phenoxy) is 1. The van der Waals surface area contributed by atoms with Crippen molar-refractivity contribution in [2.45, 2.75) is 39.2 Å². The summed E-state index contributed by atoms with van der Waals surface area (Å²) in [5, 5.41) is 6.05. The zero-order valence-electron chi connectivity index (χ0n) is 12.7. The lowest BCUT2D eigenvalue weighted by molar-refractivity contribution is -0.120. The lowest BCUT2D eigenvalue weighted by Gasteiger charge is -2.16. The Hall–Kier alpha value is -1.55. The van der Waals surface area contributed by atoms with Crippen LogP contribution in [0.25, 0.3) is 0 Å². The highest BCUT2D eigenvalue weighted by molar-refractivity contribution is 5.75. The van der Waals surface area contributed by atoms with E-state index >= 15 is 0 Å². The molecule has 1 unspecified atom stereocenters. The second kappa shape index (κ2) is 9.37. The number of rotatable bonds is 9. The van der Waals surface area contributed by atoms with Crippen molar-refractivity contribution in [1.29, 1.82) is 0 Å². The fourth-order valence-electron chi connectivity index (χ4n) is 2.09. The average Bonchev–Trinajstić information content (AvgIpc) is 2.49. The maximum Gasteiger partial charge on any atom is 0.219 e. The molecule has 0 aliphatic heterocycles. The molecule has 0 fully saturated rings. The van der Waals surface area contributed by atoms with E-state index in [0.717, 1.165) is 25.1 Å². The van der Waals surface area contributed by atoms with E-state index in [9.17, 15) is 4.79 Å². The summed E-state index contributed by atoms with van der Waals surface area (Å²) in [6, 6.07) is 8.60. The van der Waals surface area contributed by atoms with Crippen molar-refractivity contribution in [3.63, 3.8) is 0 Å². The fourth-order valence-corrected chi connectivity index (χ4v) is 2.09. The van der Waals surface area contributed by atoms with Crippen LogP contribution >= 0.6 is 0 Å². The zero-order chi connectivity index (χ0) is 14.8. The number of hydrogen-bond acceptors (Lipinski definition) is 3. The van der Waals surface area contributed by atoms with E-state index in [2.05, 4.69) is 36.6 Å². The molecular formula is C16H26N2O2. The maximum atomic E-state index is 11.1. The maximum absolute atomic E-state index is 11.1. The molecule has 1 aromatic rings. The van der Waals surface area contributed by atoms with Gasteiger partial charge in [0.1, 0.15) is 5.75 Å². The van der Waals surface area contributed by atoms with E-state index in [0.29, 0.717) is 19.1 Å². The third-order valence-corrected chi connectivity index (χ3v) is 3.24. The van der Waals surface area contributed by atoms with Crippen LogP contribution in [0.2, 0.25) is 0 Å². The molecule has 1 rings (SSSR count). The molecule has 2 N–H and O–H groups in total. The second-order valence-corrected chi connectivity index (χ2v) is 4.71. The van der Waals surface area contributed by atoms with Gasteiger partial charge < -0.3 is 15.4 Å². The summed E-state index contributed by atoms with van der Waals surface area (Å²) in [5.41, 5.74) is 1.28. The van der Waals surface area contributed by atoms with Crippen LogP contribution in [0.3, 0.4) is 0 Å². The Bertz CT molecular complexity index is 390. The summed E-state index contributed by atoms with van der Waals surface area (Å²) in [6.07, 6.45) is 2.31. The Morgan fingerprint density at radius 2 is 1.95 bits per heavy atom. The molecule has 0 saturated heterocycles. The first-order valence-electron chi connectivity index (χ1n) is 7.38. The molecule has 0 bridgehead atoms. The normalized spacial score (nSPS) is 11.9. The largest absolute Gasteiger partial charge is 0.494 e. The van der Waals surface area contributed by atoms with Gasteiger partial charge in [0.2, 0.25) is 5.91 Å². The van der Waals surface area contributed by atoms with E-state index in [1.165, 1.54) is 5.56 Å². The van der Waals surface area contributed by atoms with Crippen LogP contribution in [-0.4, -0.2) is 26.1 Å². The Labute approximate surface area is 121 Å². The number of carbonyl (C=O) groups excluding carboxylic acids is 1. The molecule has 20 heavy (non-hydrogen) atoms. The van der Waals surface area contributed by atoms with Crippen molar-refractivity contribution in [1.82, 2.24) is 10.6 Å². The van der Waals surface area contributed by atoms with Crippen molar-refractivity contribution < 1.29 is 9.53 Å². The Balaban J connectivity index is 2.40. The number of hydrogen-bond donors (Lipinski definition) is 2. The molecule has 4 nitrogen and oxygen atoms in total. The summed E-state index contributed by atoms with van der Waals surface area (Å²) in [6.45, 7) is 5.83. The number of carbonyl (C=O) groups is 1. The third kappa shape index (κ3) is 5.61. The van der Waals surface area contributed by atoms with E-state index < -0.39 is 0 Å².